The average Bonchev–Trinajstić information content (AvgIpc) is 2.95. The van der Waals surface area contributed by atoms with E-state index < -0.39 is 58.1 Å². The van der Waals surface area contributed by atoms with Crippen LogP contribution < -0.4 is 9.47 Å². The Morgan fingerprint density at radius 3 is 1.09 bits per heavy atom. The predicted octanol–water partition coefficient (Wildman–Crippen LogP) is 7.13. The zero-order valence-electron chi connectivity index (χ0n) is 22.0. The zero-order chi connectivity index (χ0) is 33.0. The molecule has 0 saturated carbocycles. The number of carbonyl (C=O) groups is 6. The van der Waals surface area contributed by atoms with Gasteiger partial charge in [0.05, 0.1) is 33.4 Å². The number of carbonyl (C=O) groups excluding carboxylic acids is 4. The van der Waals surface area contributed by atoms with Crippen molar-refractivity contribution in [1.82, 2.24) is 0 Å². The summed E-state index contributed by atoms with van der Waals surface area (Å²) in [6.45, 7) is 0. The van der Waals surface area contributed by atoms with E-state index in [9.17, 15) is 39.0 Å². The van der Waals surface area contributed by atoms with Gasteiger partial charge in [0.2, 0.25) is 0 Å². The van der Waals surface area contributed by atoms with Gasteiger partial charge < -0.3 is 24.4 Å². The molecule has 0 amide bonds. The van der Waals surface area contributed by atoms with E-state index in [0.717, 1.165) is 36.4 Å². The molecule has 0 fully saturated rings. The fourth-order valence-corrected chi connectivity index (χ4v) is 4.81. The van der Waals surface area contributed by atoms with Gasteiger partial charge in [-0.1, -0.05) is 46.4 Å². The quantitative estimate of drug-likeness (QED) is 0.109. The molecule has 0 aliphatic carbocycles. The van der Waals surface area contributed by atoms with Crippen LogP contribution in [0.2, 0.25) is 20.1 Å². The second-order valence-corrected chi connectivity index (χ2v) is 10.5. The summed E-state index contributed by atoms with van der Waals surface area (Å²) in [4.78, 5) is 74.3. The van der Waals surface area contributed by atoms with Crippen LogP contribution in [0.25, 0.3) is 0 Å². The number of aromatic carboxylic acids is 2. The lowest BCUT2D eigenvalue weighted by Crippen LogP contribution is -2.19. The van der Waals surface area contributed by atoms with Crippen LogP contribution in [0.3, 0.4) is 0 Å². The molecule has 0 atom stereocenters. The Hall–Kier alpha value is -4.94. The molecule has 11 nitrogen and oxygen atoms in total. The van der Waals surface area contributed by atoms with E-state index in [-0.39, 0.29) is 42.7 Å². The standard InChI is InChI=1S/C30H14Cl4O11/c31-15-5-13(6-16(32)9-15)27(39)43-19-1-3-21(23(11-19)25(35)36)29(41)45-30(42)22-4-2-20(12-24(22)26(37)38)44-28(40)14-7-17(33)10-18(34)8-14/h1-12H,(H,35,36)(H,37,38). The highest BCUT2D eigenvalue weighted by Crippen LogP contribution is 2.26. The van der Waals surface area contributed by atoms with Crippen molar-refractivity contribution in [3.05, 3.63) is 126 Å². The van der Waals surface area contributed by atoms with Gasteiger partial charge in [0.1, 0.15) is 11.5 Å². The largest absolute Gasteiger partial charge is 0.478 e. The average molecular weight is 692 g/mol. The number of halogens is 4. The highest BCUT2D eigenvalue weighted by Gasteiger charge is 2.26. The number of carboxylic acid groups (broad SMARTS) is 2. The van der Waals surface area contributed by atoms with E-state index in [0.29, 0.717) is 0 Å². The summed E-state index contributed by atoms with van der Waals surface area (Å²) >= 11 is 23.5. The third-order valence-electron chi connectivity index (χ3n) is 5.69. The molecule has 4 aromatic rings. The molecule has 0 unspecified atom stereocenters. The molecule has 0 aromatic heterocycles. The first-order chi connectivity index (χ1) is 21.2. The summed E-state index contributed by atoms with van der Waals surface area (Å²) in [5.74, 6) is -8.64. The van der Waals surface area contributed by atoms with Crippen LogP contribution >= 0.6 is 46.4 Å². The van der Waals surface area contributed by atoms with Gasteiger partial charge in [-0.2, -0.15) is 0 Å². The van der Waals surface area contributed by atoms with Crippen molar-refractivity contribution in [1.29, 1.82) is 0 Å². The second kappa shape index (κ2) is 13.8. The van der Waals surface area contributed by atoms with Crippen molar-refractivity contribution in [2.24, 2.45) is 0 Å². The van der Waals surface area contributed by atoms with Crippen LogP contribution in [0.1, 0.15) is 62.1 Å². The smallest absolute Gasteiger partial charge is 0.346 e. The molecule has 2 N–H and O–H groups in total. The predicted molar refractivity (Wildman–Crippen MR) is 159 cm³/mol. The van der Waals surface area contributed by atoms with Crippen LogP contribution in [-0.2, 0) is 4.74 Å². The molecular formula is C30H14Cl4O11. The second-order valence-electron chi connectivity index (χ2n) is 8.80. The van der Waals surface area contributed by atoms with Crippen LogP contribution in [0.15, 0.2) is 72.8 Å². The van der Waals surface area contributed by atoms with Crippen LogP contribution in [-0.4, -0.2) is 46.0 Å². The molecule has 228 valence electrons. The van der Waals surface area contributed by atoms with Gasteiger partial charge >= 0.3 is 35.8 Å². The molecule has 0 aliphatic heterocycles. The van der Waals surface area contributed by atoms with Crippen molar-refractivity contribution in [2.45, 2.75) is 0 Å². The Balaban J connectivity index is 1.53. The van der Waals surface area contributed by atoms with Gasteiger partial charge in [-0.3, -0.25) is 0 Å². The summed E-state index contributed by atoms with van der Waals surface area (Å²) in [5, 5.41) is 19.9. The first kappa shape index (κ1) is 33.0. The first-order valence-electron chi connectivity index (χ1n) is 12.1. The Kier molecular flexibility index (Phi) is 10.1. The highest BCUT2D eigenvalue weighted by molar-refractivity contribution is 6.35. The van der Waals surface area contributed by atoms with E-state index in [1.165, 1.54) is 36.4 Å². The minimum Gasteiger partial charge on any atom is -0.478 e. The number of benzene rings is 4. The molecule has 0 radical (unpaired) electrons. The molecule has 0 saturated heterocycles. The van der Waals surface area contributed by atoms with Crippen molar-refractivity contribution < 1.29 is 53.2 Å². The molecule has 0 heterocycles. The van der Waals surface area contributed by atoms with Crippen molar-refractivity contribution in [3.63, 3.8) is 0 Å². The van der Waals surface area contributed by atoms with E-state index in [2.05, 4.69) is 0 Å². The summed E-state index contributed by atoms with van der Waals surface area (Å²) in [5.41, 5.74) is -2.73. The lowest BCUT2D eigenvalue weighted by molar-refractivity contribution is 0.0386. The first-order valence-corrected chi connectivity index (χ1v) is 13.6. The summed E-state index contributed by atoms with van der Waals surface area (Å²) < 4.78 is 15.1. The third kappa shape index (κ3) is 8.16. The van der Waals surface area contributed by atoms with Gasteiger partial charge in [0.15, 0.2) is 0 Å². The number of hydrogen-bond acceptors (Lipinski definition) is 9. The molecule has 4 rings (SSSR count). The van der Waals surface area contributed by atoms with Gasteiger partial charge in [-0.05, 0) is 72.8 Å². The minimum atomic E-state index is -1.64. The van der Waals surface area contributed by atoms with Crippen molar-refractivity contribution in [3.8, 4) is 11.5 Å². The van der Waals surface area contributed by atoms with Crippen molar-refractivity contribution >= 4 is 82.2 Å². The van der Waals surface area contributed by atoms with E-state index in [4.69, 9.17) is 60.6 Å². The minimum absolute atomic E-state index is 0.0395. The lowest BCUT2D eigenvalue weighted by Gasteiger charge is -2.11. The Morgan fingerprint density at radius 1 is 0.444 bits per heavy atom. The van der Waals surface area contributed by atoms with Crippen LogP contribution in [0, 0.1) is 0 Å². The number of carboxylic acids is 2. The van der Waals surface area contributed by atoms with E-state index >= 15 is 0 Å². The highest BCUT2D eigenvalue weighted by atomic mass is 35.5. The van der Waals surface area contributed by atoms with Gasteiger partial charge in [-0.15, -0.1) is 0 Å². The summed E-state index contributed by atoms with van der Waals surface area (Å²) in [6, 6.07) is 13.5. The molecule has 45 heavy (non-hydrogen) atoms. The Bertz CT molecular complexity index is 1740. The van der Waals surface area contributed by atoms with E-state index in [1.807, 2.05) is 0 Å². The number of esters is 4. The molecule has 0 spiro atoms. The maximum atomic E-state index is 12.8. The lowest BCUT2D eigenvalue weighted by atomic mass is 10.1. The van der Waals surface area contributed by atoms with Gasteiger partial charge in [-0.25, -0.2) is 28.8 Å². The molecular weight excluding hydrogens is 678 g/mol. The molecule has 0 aliphatic rings. The van der Waals surface area contributed by atoms with Gasteiger partial charge in [0, 0.05) is 20.1 Å². The van der Waals surface area contributed by atoms with Crippen molar-refractivity contribution in [2.75, 3.05) is 0 Å². The fourth-order valence-electron chi connectivity index (χ4n) is 3.75. The zero-order valence-corrected chi connectivity index (χ0v) is 25.0. The molecule has 0 bridgehead atoms. The van der Waals surface area contributed by atoms with E-state index in [1.54, 1.807) is 0 Å². The maximum absolute atomic E-state index is 12.8. The third-order valence-corrected chi connectivity index (χ3v) is 6.56. The SMILES string of the molecule is O=C(Oc1ccc(C(=O)OC(=O)c2ccc(OC(=O)c3cc(Cl)cc(Cl)c3)cc2C(=O)O)c(C(=O)O)c1)c1cc(Cl)cc(Cl)c1. The molecule has 15 heteroatoms. The Labute approximate surface area is 272 Å². The number of ether oxygens (including phenoxy) is 3. The summed E-state index contributed by atoms with van der Waals surface area (Å²) in [6.07, 6.45) is 0. The topological polar surface area (TPSA) is 171 Å². The normalized spacial score (nSPS) is 10.5. The van der Waals surface area contributed by atoms with Crippen LogP contribution in [0.4, 0.5) is 0 Å². The fraction of sp³-hybridized carbons (Fsp3) is 0. The molecule has 4 aromatic carbocycles. The maximum Gasteiger partial charge on any atom is 0.346 e. The van der Waals surface area contributed by atoms with Crippen LogP contribution in [0.5, 0.6) is 11.5 Å². The summed E-state index contributed by atoms with van der Waals surface area (Å²) in [7, 11) is 0. The Morgan fingerprint density at radius 2 is 0.778 bits per heavy atom. The monoisotopic (exact) mass is 690 g/mol. The number of rotatable bonds is 8. The van der Waals surface area contributed by atoms with Gasteiger partial charge in [0.25, 0.3) is 0 Å². The number of hydrogen-bond donors (Lipinski definition) is 2.